The lowest BCUT2D eigenvalue weighted by molar-refractivity contribution is 0.669. The van der Waals surface area contributed by atoms with Gasteiger partial charge in [0.1, 0.15) is 5.83 Å². The zero-order valence-electron chi connectivity index (χ0n) is 8.55. The van der Waals surface area contributed by atoms with Gasteiger partial charge < -0.3 is 0 Å². The topological polar surface area (TPSA) is 0 Å². The third-order valence-electron chi connectivity index (χ3n) is 1.54. The maximum Gasteiger partial charge on any atom is 0.115 e. The average Bonchev–Trinajstić information content (AvgIpc) is 2.01. The lowest BCUT2D eigenvalue weighted by atomic mass is 10.1. The Morgan fingerprint density at radius 3 is 2.46 bits per heavy atom. The Hall–Kier alpha value is -1.11. The molecule has 72 valence electrons. The minimum absolute atomic E-state index is 0.240. The summed E-state index contributed by atoms with van der Waals surface area (Å²) in [7, 11) is 0. The van der Waals surface area contributed by atoms with Crippen LogP contribution in [0.1, 0.15) is 20.8 Å². The molecule has 0 fully saturated rings. The van der Waals surface area contributed by atoms with Crippen LogP contribution in [0.25, 0.3) is 0 Å². The van der Waals surface area contributed by atoms with E-state index in [2.05, 4.69) is 12.7 Å². The zero-order chi connectivity index (χ0) is 10.3. The van der Waals surface area contributed by atoms with Crippen molar-refractivity contribution < 1.29 is 4.39 Å². The molecule has 0 aliphatic heterocycles. The number of rotatable bonds is 4. The summed E-state index contributed by atoms with van der Waals surface area (Å²) in [6.45, 7) is 9.16. The normalized spacial score (nSPS) is 15.5. The van der Waals surface area contributed by atoms with Gasteiger partial charge in [-0.1, -0.05) is 43.4 Å². The van der Waals surface area contributed by atoms with Crippen molar-refractivity contribution in [3.63, 3.8) is 0 Å². The third-order valence-corrected chi connectivity index (χ3v) is 1.54. The smallest absolute Gasteiger partial charge is 0.115 e. The molecule has 0 heterocycles. The summed E-state index contributed by atoms with van der Waals surface area (Å²) in [5, 5.41) is 0. The van der Waals surface area contributed by atoms with Gasteiger partial charge in [-0.25, -0.2) is 4.39 Å². The van der Waals surface area contributed by atoms with E-state index in [1.54, 1.807) is 6.08 Å². The molecule has 0 amide bonds. The zero-order valence-corrected chi connectivity index (χ0v) is 8.55. The average molecular weight is 180 g/mol. The summed E-state index contributed by atoms with van der Waals surface area (Å²) in [6.07, 6.45) is 9.25. The summed E-state index contributed by atoms with van der Waals surface area (Å²) in [5.74, 6) is -0.160. The number of halogens is 1. The van der Waals surface area contributed by atoms with Crippen molar-refractivity contribution in [2.75, 3.05) is 0 Å². The molecule has 0 nitrogen and oxygen atoms in total. The highest BCUT2D eigenvalue weighted by molar-refractivity contribution is 5.19. The van der Waals surface area contributed by atoms with Crippen molar-refractivity contribution in [2.24, 2.45) is 5.92 Å². The van der Waals surface area contributed by atoms with E-state index in [1.807, 2.05) is 32.9 Å². The fraction of sp³-hybridized carbons (Fsp3) is 0.333. The minimum atomic E-state index is -0.399. The van der Waals surface area contributed by atoms with Gasteiger partial charge >= 0.3 is 0 Å². The van der Waals surface area contributed by atoms with E-state index in [0.29, 0.717) is 0 Å². The Balaban J connectivity index is 4.21. The molecular weight excluding hydrogens is 163 g/mol. The van der Waals surface area contributed by atoms with Crippen LogP contribution in [0, 0.1) is 5.92 Å². The van der Waals surface area contributed by atoms with Gasteiger partial charge in [0, 0.05) is 0 Å². The molecule has 0 saturated heterocycles. The fourth-order valence-electron chi connectivity index (χ4n) is 1.04. The summed E-state index contributed by atoms with van der Waals surface area (Å²) in [4.78, 5) is 0. The summed E-state index contributed by atoms with van der Waals surface area (Å²) >= 11 is 0. The first-order chi connectivity index (χ1) is 6.06. The van der Waals surface area contributed by atoms with Crippen LogP contribution < -0.4 is 0 Å². The van der Waals surface area contributed by atoms with Gasteiger partial charge in [-0.2, -0.15) is 0 Å². The van der Waals surface area contributed by atoms with Crippen LogP contribution in [0.5, 0.6) is 0 Å². The Kier molecular flexibility index (Phi) is 5.86. The van der Waals surface area contributed by atoms with Gasteiger partial charge in [-0.3, -0.25) is 0 Å². The highest BCUT2D eigenvalue weighted by atomic mass is 19.1. The van der Waals surface area contributed by atoms with Gasteiger partial charge in [0.25, 0.3) is 0 Å². The highest BCUT2D eigenvalue weighted by Crippen LogP contribution is 2.07. The van der Waals surface area contributed by atoms with E-state index < -0.39 is 5.83 Å². The van der Waals surface area contributed by atoms with Crippen LogP contribution in [0.2, 0.25) is 0 Å². The summed E-state index contributed by atoms with van der Waals surface area (Å²) < 4.78 is 12.2. The Labute approximate surface area is 80.2 Å². The first-order valence-electron chi connectivity index (χ1n) is 4.40. The first kappa shape index (κ1) is 11.9. The standard InChI is InChI=1S/C12H17F/c1-5-6-10(2)9-11(3)7-8-12(4)13/h5-9,11H,4H2,1-3H3/b6-5-,8-7+,10-9-. The molecule has 0 N–H and O–H groups in total. The quantitative estimate of drug-likeness (QED) is 0.569. The van der Waals surface area contributed by atoms with Crippen molar-refractivity contribution in [3.05, 3.63) is 48.4 Å². The molecule has 0 spiro atoms. The molecule has 0 bridgehead atoms. The Morgan fingerprint density at radius 1 is 1.38 bits per heavy atom. The lowest BCUT2D eigenvalue weighted by Crippen LogP contribution is -1.84. The Morgan fingerprint density at radius 2 is 2.00 bits per heavy atom. The van der Waals surface area contributed by atoms with Gasteiger partial charge in [0.15, 0.2) is 0 Å². The first-order valence-corrected chi connectivity index (χ1v) is 4.40. The van der Waals surface area contributed by atoms with E-state index in [-0.39, 0.29) is 5.92 Å². The van der Waals surface area contributed by atoms with Crippen molar-refractivity contribution in [1.82, 2.24) is 0 Å². The second-order valence-electron chi connectivity index (χ2n) is 3.08. The van der Waals surface area contributed by atoms with Crippen LogP contribution in [0.4, 0.5) is 4.39 Å². The molecule has 0 radical (unpaired) electrons. The molecule has 1 unspecified atom stereocenters. The molecule has 0 rings (SSSR count). The van der Waals surface area contributed by atoms with Gasteiger partial charge in [0.05, 0.1) is 0 Å². The predicted molar refractivity (Wildman–Crippen MR) is 57.1 cm³/mol. The minimum Gasteiger partial charge on any atom is -0.208 e. The summed E-state index contributed by atoms with van der Waals surface area (Å²) in [5.41, 5.74) is 1.18. The molecule has 1 atom stereocenters. The van der Waals surface area contributed by atoms with Crippen LogP contribution in [0.15, 0.2) is 48.4 Å². The van der Waals surface area contributed by atoms with Gasteiger partial charge in [0.2, 0.25) is 0 Å². The fourth-order valence-corrected chi connectivity index (χ4v) is 1.04. The second kappa shape index (κ2) is 6.41. The second-order valence-corrected chi connectivity index (χ2v) is 3.08. The van der Waals surface area contributed by atoms with Gasteiger partial charge in [-0.15, -0.1) is 0 Å². The number of hydrogen-bond acceptors (Lipinski definition) is 0. The van der Waals surface area contributed by atoms with Crippen molar-refractivity contribution in [2.45, 2.75) is 20.8 Å². The predicted octanol–water partition coefficient (Wildman–Crippen LogP) is 4.18. The SMILES string of the molecule is C=C(F)/C=C/C(C)/C=C(C)\C=C/C. The molecule has 0 aromatic heterocycles. The third kappa shape index (κ3) is 7.26. The van der Waals surface area contributed by atoms with Crippen molar-refractivity contribution in [3.8, 4) is 0 Å². The van der Waals surface area contributed by atoms with Crippen molar-refractivity contribution in [1.29, 1.82) is 0 Å². The molecular formula is C12H17F. The van der Waals surface area contributed by atoms with Gasteiger partial charge in [-0.05, 0) is 25.8 Å². The van der Waals surface area contributed by atoms with Crippen LogP contribution in [0.3, 0.4) is 0 Å². The van der Waals surface area contributed by atoms with E-state index in [0.717, 1.165) is 0 Å². The highest BCUT2D eigenvalue weighted by Gasteiger charge is 1.91. The van der Waals surface area contributed by atoms with Crippen molar-refractivity contribution >= 4 is 0 Å². The van der Waals surface area contributed by atoms with E-state index >= 15 is 0 Å². The maximum absolute atomic E-state index is 12.2. The van der Waals surface area contributed by atoms with Crippen LogP contribution in [-0.2, 0) is 0 Å². The molecule has 0 saturated carbocycles. The maximum atomic E-state index is 12.2. The van der Waals surface area contributed by atoms with E-state index in [1.165, 1.54) is 11.6 Å². The van der Waals surface area contributed by atoms with Crippen LogP contribution in [-0.4, -0.2) is 0 Å². The lowest BCUT2D eigenvalue weighted by Gasteiger charge is -1.99. The molecule has 0 aromatic rings. The van der Waals surface area contributed by atoms with E-state index in [4.69, 9.17) is 0 Å². The molecule has 0 aromatic carbocycles. The molecule has 0 aliphatic rings. The number of hydrogen-bond donors (Lipinski definition) is 0. The monoisotopic (exact) mass is 180 g/mol. The van der Waals surface area contributed by atoms with Crippen LogP contribution >= 0.6 is 0 Å². The molecule has 1 heteroatoms. The largest absolute Gasteiger partial charge is 0.208 e. The molecule has 13 heavy (non-hydrogen) atoms. The number of allylic oxidation sites excluding steroid dienone is 7. The summed E-state index contributed by atoms with van der Waals surface area (Å²) in [6, 6.07) is 0. The Bertz CT molecular complexity index is 244. The van der Waals surface area contributed by atoms with E-state index in [9.17, 15) is 4.39 Å². The molecule has 0 aliphatic carbocycles.